The molecule has 1 amide bonds. The van der Waals surface area contributed by atoms with Crippen LogP contribution in [-0.4, -0.2) is 41.6 Å². The number of nitrogens with zero attached hydrogens (tertiary/aromatic N) is 1. The minimum atomic E-state index is -0.962. The highest BCUT2D eigenvalue weighted by Gasteiger charge is 2.30. The number of carbonyl (C=O) groups excluding carboxylic acids is 1. The number of aromatic carboxylic acids is 1. The van der Waals surface area contributed by atoms with Crippen molar-refractivity contribution in [3.05, 3.63) is 29.3 Å². The summed E-state index contributed by atoms with van der Waals surface area (Å²) in [6.45, 7) is 2.40. The third-order valence-electron chi connectivity index (χ3n) is 3.08. The summed E-state index contributed by atoms with van der Waals surface area (Å²) in [5.41, 5.74) is 0.871. The van der Waals surface area contributed by atoms with Gasteiger partial charge in [0.1, 0.15) is 5.75 Å². The van der Waals surface area contributed by atoms with Crippen LogP contribution in [0, 0.1) is 6.92 Å². The van der Waals surface area contributed by atoms with Crippen LogP contribution in [0.5, 0.6) is 5.75 Å². The van der Waals surface area contributed by atoms with Crippen LogP contribution in [0.15, 0.2) is 18.2 Å². The van der Waals surface area contributed by atoms with Crippen molar-refractivity contribution in [3.63, 3.8) is 0 Å². The van der Waals surface area contributed by atoms with Crippen LogP contribution in [-0.2, 0) is 4.79 Å². The average molecular weight is 249 g/mol. The Hall–Kier alpha value is -2.04. The number of aryl methyl sites for hydroxylation is 1. The van der Waals surface area contributed by atoms with Crippen molar-refractivity contribution in [3.8, 4) is 5.75 Å². The number of rotatable bonds is 3. The molecule has 0 aromatic heterocycles. The van der Waals surface area contributed by atoms with E-state index in [1.807, 2.05) is 0 Å². The number of hydrogen-bond donors (Lipinski definition) is 1. The highest BCUT2D eigenvalue weighted by Crippen LogP contribution is 2.21. The average Bonchev–Trinajstić information content (AvgIpc) is 2.61. The fourth-order valence-corrected chi connectivity index (χ4v) is 2.01. The molecule has 1 heterocycles. The van der Waals surface area contributed by atoms with Crippen LogP contribution in [0.25, 0.3) is 0 Å². The van der Waals surface area contributed by atoms with Crippen LogP contribution < -0.4 is 4.74 Å². The van der Waals surface area contributed by atoms with Crippen molar-refractivity contribution in [1.82, 2.24) is 4.90 Å². The number of carboxylic acid groups (broad SMARTS) is 1. The van der Waals surface area contributed by atoms with Crippen molar-refractivity contribution >= 4 is 11.9 Å². The molecule has 0 saturated carbocycles. The first kappa shape index (κ1) is 12.4. The van der Waals surface area contributed by atoms with Gasteiger partial charge in [0.05, 0.1) is 5.56 Å². The number of amides is 1. The number of ether oxygens (including phenoxy) is 1. The van der Waals surface area contributed by atoms with E-state index in [2.05, 4.69) is 0 Å². The van der Waals surface area contributed by atoms with E-state index in [1.54, 1.807) is 31.0 Å². The van der Waals surface area contributed by atoms with Gasteiger partial charge in [-0.2, -0.15) is 0 Å². The van der Waals surface area contributed by atoms with E-state index in [9.17, 15) is 9.59 Å². The molecule has 1 aliphatic rings. The van der Waals surface area contributed by atoms with Crippen molar-refractivity contribution < 1.29 is 19.4 Å². The van der Waals surface area contributed by atoms with Gasteiger partial charge in [-0.15, -0.1) is 0 Å². The second-order valence-electron chi connectivity index (χ2n) is 4.44. The zero-order chi connectivity index (χ0) is 13.3. The SMILES string of the molecule is Cc1cc(OC2CCN(C)C2=O)ccc1C(=O)O. The highest BCUT2D eigenvalue weighted by atomic mass is 16.5. The Morgan fingerprint density at radius 3 is 2.72 bits per heavy atom. The lowest BCUT2D eigenvalue weighted by atomic mass is 10.1. The van der Waals surface area contributed by atoms with Gasteiger partial charge in [-0.05, 0) is 30.7 Å². The summed E-state index contributed by atoms with van der Waals surface area (Å²) in [5, 5.41) is 8.92. The molecule has 96 valence electrons. The number of benzene rings is 1. The lowest BCUT2D eigenvalue weighted by molar-refractivity contribution is -0.132. The third kappa shape index (κ3) is 2.30. The number of carboxylic acids is 1. The van der Waals surface area contributed by atoms with Gasteiger partial charge >= 0.3 is 5.97 Å². The first-order valence-corrected chi connectivity index (χ1v) is 5.74. The van der Waals surface area contributed by atoms with Crippen molar-refractivity contribution in [2.24, 2.45) is 0 Å². The zero-order valence-corrected chi connectivity index (χ0v) is 10.3. The zero-order valence-electron chi connectivity index (χ0n) is 10.3. The molecule has 1 N–H and O–H groups in total. The molecule has 1 aromatic carbocycles. The van der Waals surface area contributed by atoms with E-state index in [0.29, 0.717) is 24.3 Å². The lowest BCUT2D eigenvalue weighted by Crippen LogP contribution is -2.29. The molecular formula is C13H15NO4. The monoisotopic (exact) mass is 249 g/mol. The molecule has 0 radical (unpaired) electrons. The molecule has 2 rings (SSSR count). The first-order valence-electron chi connectivity index (χ1n) is 5.74. The van der Waals surface area contributed by atoms with Crippen LogP contribution in [0.3, 0.4) is 0 Å². The number of likely N-dealkylation sites (N-methyl/N-ethyl adjacent to an activating group) is 1. The third-order valence-corrected chi connectivity index (χ3v) is 3.08. The smallest absolute Gasteiger partial charge is 0.335 e. The van der Waals surface area contributed by atoms with E-state index in [4.69, 9.17) is 9.84 Å². The Kier molecular flexibility index (Phi) is 3.23. The summed E-state index contributed by atoms with van der Waals surface area (Å²) in [7, 11) is 1.74. The van der Waals surface area contributed by atoms with Gasteiger partial charge in [0.2, 0.25) is 0 Å². The van der Waals surface area contributed by atoms with Crippen LogP contribution in [0.4, 0.5) is 0 Å². The fraction of sp³-hybridized carbons (Fsp3) is 0.385. The quantitative estimate of drug-likeness (QED) is 0.876. The topological polar surface area (TPSA) is 66.8 Å². The maximum Gasteiger partial charge on any atom is 0.335 e. The summed E-state index contributed by atoms with van der Waals surface area (Å²) in [6.07, 6.45) is 0.208. The van der Waals surface area contributed by atoms with Gasteiger partial charge in [0.25, 0.3) is 5.91 Å². The van der Waals surface area contributed by atoms with Gasteiger partial charge < -0.3 is 14.7 Å². The summed E-state index contributed by atoms with van der Waals surface area (Å²) in [6, 6.07) is 4.73. The molecule has 18 heavy (non-hydrogen) atoms. The molecule has 1 atom stereocenters. The molecule has 1 fully saturated rings. The molecule has 1 aliphatic heterocycles. The van der Waals surface area contributed by atoms with E-state index >= 15 is 0 Å². The van der Waals surface area contributed by atoms with Crippen LogP contribution >= 0.6 is 0 Å². The molecule has 1 unspecified atom stereocenters. The Balaban J connectivity index is 2.14. The molecule has 1 saturated heterocycles. The van der Waals surface area contributed by atoms with Crippen molar-refractivity contribution in [2.75, 3.05) is 13.6 Å². The molecule has 0 spiro atoms. The number of hydrogen-bond acceptors (Lipinski definition) is 3. The predicted octanol–water partition coefficient (Wildman–Crippen LogP) is 1.30. The van der Waals surface area contributed by atoms with E-state index in [-0.39, 0.29) is 11.5 Å². The standard InChI is InChI=1S/C13H15NO4/c1-8-7-9(3-4-10(8)13(16)17)18-11-5-6-14(2)12(11)15/h3-4,7,11H,5-6H2,1-2H3,(H,16,17). The van der Waals surface area contributed by atoms with Gasteiger partial charge in [-0.3, -0.25) is 4.79 Å². The first-order chi connectivity index (χ1) is 8.49. The number of carbonyl (C=O) groups is 2. The minimum Gasteiger partial charge on any atom is -0.481 e. The summed E-state index contributed by atoms with van der Waals surface area (Å²) >= 11 is 0. The van der Waals surface area contributed by atoms with E-state index < -0.39 is 12.1 Å². The molecule has 0 bridgehead atoms. The number of likely N-dealkylation sites (tertiary alicyclic amines) is 1. The van der Waals surface area contributed by atoms with Crippen LogP contribution in [0.2, 0.25) is 0 Å². The molecule has 5 nitrogen and oxygen atoms in total. The maximum atomic E-state index is 11.7. The predicted molar refractivity (Wildman–Crippen MR) is 64.8 cm³/mol. The van der Waals surface area contributed by atoms with Gasteiger partial charge in [0.15, 0.2) is 6.10 Å². The summed E-state index contributed by atoms with van der Waals surface area (Å²) in [5.74, 6) is -0.461. The highest BCUT2D eigenvalue weighted by molar-refractivity contribution is 5.89. The second kappa shape index (κ2) is 4.68. The van der Waals surface area contributed by atoms with E-state index in [0.717, 1.165) is 0 Å². The van der Waals surface area contributed by atoms with Gasteiger partial charge in [0, 0.05) is 20.0 Å². The Morgan fingerprint density at radius 2 is 2.22 bits per heavy atom. The summed E-state index contributed by atoms with van der Waals surface area (Å²) in [4.78, 5) is 24.2. The Morgan fingerprint density at radius 1 is 1.50 bits per heavy atom. The Bertz CT molecular complexity index is 498. The largest absolute Gasteiger partial charge is 0.481 e. The summed E-state index contributed by atoms with van der Waals surface area (Å²) < 4.78 is 5.59. The van der Waals surface area contributed by atoms with Gasteiger partial charge in [-0.25, -0.2) is 4.79 Å². The minimum absolute atomic E-state index is 0.0324. The van der Waals surface area contributed by atoms with E-state index in [1.165, 1.54) is 6.07 Å². The second-order valence-corrected chi connectivity index (χ2v) is 4.44. The maximum absolute atomic E-state index is 11.7. The van der Waals surface area contributed by atoms with Crippen molar-refractivity contribution in [2.45, 2.75) is 19.4 Å². The van der Waals surface area contributed by atoms with Crippen LogP contribution in [0.1, 0.15) is 22.3 Å². The Labute approximate surface area is 105 Å². The molecule has 5 heteroatoms. The molecular weight excluding hydrogens is 234 g/mol. The lowest BCUT2D eigenvalue weighted by Gasteiger charge is -2.13. The normalized spacial score (nSPS) is 19.1. The molecule has 0 aliphatic carbocycles. The fourth-order valence-electron chi connectivity index (χ4n) is 2.01. The molecule has 1 aromatic rings. The van der Waals surface area contributed by atoms with Crippen molar-refractivity contribution in [1.29, 1.82) is 0 Å². The van der Waals surface area contributed by atoms with Gasteiger partial charge in [-0.1, -0.05) is 0 Å².